The van der Waals surface area contributed by atoms with E-state index in [1.165, 1.54) is 4.68 Å². The summed E-state index contributed by atoms with van der Waals surface area (Å²) >= 11 is 0. The highest BCUT2D eigenvalue weighted by Crippen LogP contribution is 2.45. The molecule has 1 aliphatic rings. The molecule has 1 aliphatic carbocycles. The predicted molar refractivity (Wildman–Crippen MR) is 91.0 cm³/mol. The van der Waals surface area contributed by atoms with Crippen molar-refractivity contribution in [3.63, 3.8) is 0 Å². The van der Waals surface area contributed by atoms with Gasteiger partial charge >= 0.3 is 0 Å². The van der Waals surface area contributed by atoms with Gasteiger partial charge in [0.2, 0.25) is 5.91 Å². The fourth-order valence-corrected chi connectivity index (χ4v) is 2.63. The largest absolute Gasteiger partial charge is 0.492 e. The molecule has 0 unspecified atom stereocenters. The van der Waals surface area contributed by atoms with Crippen molar-refractivity contribution in [2.45, 2.75) is 18.9 Å². The molecule has 1 atom stereocenters. The number of primary amides is 1. The van der Waals surface area contributed by atoms with Gasteiger partial charge in [0.15, 0.2) is 0 Å². The highest BCUT2D eigenvalue weighted by Gasteiger charge is 2.44. The second-order valence-corrected chi connectivity index (χ2v) is 6.44. The second kappa shape index (κ2) is 6.65. The van der Waals surface area contributed by atoms with Gasteiger partial charge in [0.25, 0.3) is 5.91 Å². The predicted octanol–water partition coefficient (Wildman–Crippen LogP) is -0.168. The lowest BCUT2D eigenvalue weighted by atomic mass is 10.1. The van der Waals surface area contributed by atoms with Crippen molar-refractivity contribution < 1.29 is 19.4 Å². The number of nitrogens with two attached hydrogens (primary N) is 1. The summed E-state index contributed by atoms with van der Waals surface area (Å²) in [5, 5.41) is 25.5. The van der Waals surface area contributed by atoms with Crippen LogP contribution in [0.5, 0.6) is 5.75 Å². The smallest absolute Gasteiger partial charge is 0.270 e. The fourth-order valence-electron chi connectivity index (χ4n) is 2.63. The molecule has 0 bridgehead atoms. The number of rotatable bonds is 7. The van der Waals surface area contributed by atoms with E-state index >= 15 is 0 Å². The summed E-state index contributed by atoms with van der Waals surface area (Å²) in [6.45, 7) is -0.299. The molecule has 9 nitrogen and oxygen atoms in total. The number of aromatic nitrogens is 2. The molecular formula is C17H19N5O4. The third-order valence-electron chi connectivity index (χ3n) is 4.46. The van der Waals surface area contributed by atoms with Crippen LogP contribution in [0.4, 0.5) is 0 Å². The average Bonchev–Trinajstić information content (AvgIpc) is 3.32. The van der Waals surface area contributed by atoms with Crippen molar-refractivity contribution in [2.75, 3.05) is 13.2 Å². The highest BCUT2D eigenvalue weighted by molar-refractivity contribution is 6.06. The minimum absolute atomic E-state index is 0.214. The Morgan fingerprint density at radius 1 is 1.54 bits per heavy atom. The van der Waals surface area contributed by atoms with E-state index in [1.807, 2.05) is 0 Å². The van der Waals surface area contributed by atoms with Crippen molar-refractivity contribution in [3.8, 4) is 11.8 Å². The lowest BCUT2D eigenvalue weighted by molar-refractivity contribution is -0.120. The van der Waals surface area contributed by atoms with Gasteiger partial charge in [0, 0.05) is 12.4 Å². The quantitative estimate of drug-likeness (QED) is 0.628. The summed E-state index contributed by atoms with van der Waals surface area (Å²) in [5.41, 5.74) is 5.53. The van der Waals surface area contributed by atoms with Crippen LogP contribution in [0.1, 0.15) is 23.3 Å². The normalized spacial score (nSPS) is 15.9. The molecule has 0 spiro atoms. The summed E-state index contributed by atoms with van der Waals surface area (Å²) in [4.78, 5) is 23.8. The molecule has 26 heavy (non-hydrogen) atoms. The van der Waals surface area contributed by atoms with Crippen molar-refractivity contribution in [2.24, 2.45) is 18.2 Å². The Labute approximate surface area is 149 Å². The molecule has 1 heterocycles. The zero-order chi connectivity index (χ0) is 18.9. The van der Waals surface area contributed by atoms with Gasteiger partial charge in [-0.2, -0.15) is 10.4 Å². The number of carbonyl (C=O) groups is 2. The van der Waals surface area contributed by atoms with Gasteiger partial charge in [-0.25, -0.2) is 0 Å². The third-order valence-corrected chi connectivity index (χ3v) is 4.46. The molecule has 1 fully saturated rings. The minimum atomic E-state index is -1.18. The van der Waals surface area contributed by atoms with Gasteiger partial charge < -0.3 is 20.9 Å². The number of benzene rings is 1. The molecule has 0 aliphatic heterocycles. The van der Waals surface area contributed by atoms with Gasteiger partial charge in [0.05, 0.1) is 23.6 Å². The van der Waals surface area contributed by atoms with Gasteiger partial charge in [-0.3, -0.25) is 14.3 Å². The molecule has 2 amide bonds. The molecule has 0 radical (unpaired) electrons. The third kappa shape index (κ3) is 3.32. The summed E-state index contributed by atoms with van der Waals surface area (Å²) in [6, 6.07) is 6.19. The van der Waals surface area contributed by atoms with Crippen molar-refractivity contribution in [1.82, 2.24) is 15.1 Å². The molecule has 0 saturated heterocycles. The monoisotopic (exact) mass is 357 g/mol. The Bertz CT molecular complexity index is 910. The summed E-state index contributed by atoms with van der Waals surface area (Å²) in [5.74, 6) is -0.891. The second-order valence-electron chi connectivity index (χ2n) is 6.44. The lowest BCUT2D eigenvalue weighted by Crippen LogP contribution is -2.47. The molecular weight excluding hydrogens is 338 g/mol. The molecule has 1 saturated carbocycles. The molecule has 3 rings (SSSR count). The fraction of sp³-hybridized carbons (Fsp3) is 0.412. The molecule has 136 valence electrons. The van der Waals surface area contributed by atoms with Crippen LogP contribution in [-0.2, 0) is 11.8 Å². The molecule has 2 aromatic rings. The van der Waals surface area contributed by atoms with E-state index < -0.39 is 29.9 Å². The highest BCUT2D eigenvalue weighted by atomic mass is 16.5. The van der Waals surface area contributed by atoms with Crippen molar-refractivity contribution >= 4 is 22.7 Å². The van der Waals surface area contributed by atoms with Gasteiger partial charge in [-0.05, 0) is 31.0 Å². The Kier molecular flexibility index (Phi) is 4.52. The van der Waals surface area contributed by atoms with Crippen LogP contribution in [0.15, 0.2) is 18.2 Å². The number of nitriles is 1. The molecule has 1 aromatic heterocycles. The van der Waals surface area contributed by atoms with Crippen LogP contribution in [0.25, 0.3) is 10.9 Å². The number of hydrogen-bond acceptors (Lipinski definition) is 6. The zero-order valence-electron chi connectivity index (χ0n) is 14.2. The first-order valence-electron chi connectivity index (χ1n) is 8.11. The van der Waals surface area contributed by atoms with Crippen LogP contribution in [0, 0.1) is 16.7 Å². The first-order chi connectivity index (χ1) is 12.4. The maximum absolute atomic E-state index is 12.5. The molecule has 1 aromatic carbocycles. The van der Waals surface area contributed by atoms with Crippen molar-refractivity contribution in [3.05, 3.63) is 23.9 Å². The Balaban J connectivity index is 1.86. The lowest BCUT2D eigenvalue weighted by Gasteiger charge is -2.13. The first kappa shape index (κ1) is 17.7. The van der Waals surface area contributed by atoms with Crippen LogP contribution in [0.2, 0.25) is 0 Å². The number of aliphatic hydroxyl groups is 1. The zero-order valence-corrected chi connectivity index (χ0v) is 14.2. The van der Waals surface area contributed by atoms with E-state index in [2.05, 4.69) is 16.5 Å². The summed E-state index contributed by atoms with van der Waals surface area (Å²) in [7, 11) is 1.60. The summed E-state index contributed by atoms with van der Waals surface area (Å²) < 4.78 is 7.10. The van der Waals surface area contributed by atoms with Gasteiger partial charge in [-0.1, -0.05) is 0 Å². The number of aliphatic hydroxyl groups excluding tert-OH is 1. The van der Waals surface area contributed by atoms with E-state index in [4.69, 9.17) is 20.8 Å². The Morgan fingerprint density at radius 2 is 2.27 bits per heavy atom. The number of fused-ring (bicyclic) bond motifs is 1. The van der Waals surface area contributed by atoms with Crippen LogP contribution < -0.4 is 15.8 Å². The van der Waals surface area contributed by atoms with E-state index in [0.717, 1.165) is 12.8 Å². The number of nitrogens with one attached hydrogen (secondary N) is 1. The van der Waals surface area contributed by atoms with Gasteiger partial charge in [0.1, 0.15) is 24.1 Å². The number of aryl methyl sites for hydroxylation is 1. The topological polar surface area (TPSA) is 143 Å². The van der Waals surface area contributed by atoms with E-state index in [-0.39, 0.29) is 5.69 Å². The average molecular weight is 357 g/mol. The number of ether oxygens (including phenoxy) is 1. The Hall–Kier alpha value is -3.12. The number of amides is 2. The molecule has 9 heteroatoms. The maximum Gasteiger partial charge on any atom is 0.270 e. The minimum Gasteiger partial charge on any atom is -0.492 e. The number of nitrogens with zero attached hydrogens (tertiary/aromatic N) is 3. The number of hydrogen-bond donors (Lipinski definition) is 3. The Morgan fingerprint density at radius 3 is 2.85 bits per heavy atom. The summed E-state index contributed by atoms with van der Waals surface area (Å²) in [6.07, 6.45) is 1.64. The van der Waals surface area contributed by atoms with Gasteiger partial charge in [-0.15, -0.1) is 0 Å². The van der Waals surface area contributed by atoms with Crippen LogP contribution >= 0.6 is 0 Å². The first-order valence-corrected chi connectivity index (χ1v) is 8.11. The maximum atomic E-state index is 12.5. The standard InChI is InChI=1S/C17H19N5O4/c1-22-14(16(25)20-13(7-23)15(19)24)11-6-10(2-3-12(11)21-22)26-9-17(8-18)4-5-17/h2-3,6,13,23H,4-5,7,9H2,1H3,(H2,19,24)(H,20,25)/t13-/m0/s1. The van der Waals surface area contributed by atoms with Crippen LogP contribution in [0.3, 0.4) is 0 Å². The van der Waals surface area contributed by atoms with E-state index in [9.17, 15) is 9.59 Å². The van der Waals surface area contributed by atoms with Crippen LogP contribution in [-0.4, -0.2) is 46.0 Å². The number of carbonyl (C=O) groups excluding carboxylic acids is 2. The van der Waals surface area contributed by atoms with E-state index in [0.29, 0.717) is 23.3 Å². The van der Waals surface area contributed by atoms with Crippen molar-refractivity contribution in [1.29, 1.82) is 5.26 Å². The SMILES string of the molecule is Cn1nc2ccc(OCC3(C#N)CC3)cc2c1C(=O)N[C@@H](CO)C(N)=O. The molecule has 4 N–H and O–H groups in total. The van der Waals surface area contributed by atoms with E-state index in [1.54, 1.807) is 25.2 Å².